The molecule has 0 radical (unpaired) electrons. The van der Waals surface area contributed by atoms with Crippen LogP contribution in [0, 0.1) is 0 Å². The molecule has 0 spiro atoms. The molecule has 0 saturated heterocycles. The summed E-state index contributed by atoms with van der Waals surface area (Å²) in [5.41, 5.74) is 4.14. The second-order valence-electron chi connectivity index (χ2n) is 5.07. The number of benzene rings is 2. The smallest absolute Gasteiger partial charge is 0.259 e. The van der Waals surface area contributed by atoms with Crippen molar-refractivity contribution in [3.05, 3.63) is 54.1 Å². The minimum atomic E-state index is -0.237. The zero-order chi connectivity index (χ0) is 17.9. The van der Waals surface area contributed by atoms with Gasteiger partial charge in [0.2, 0.25) is 0 Å². The van der Waals surface area contributed by atoms with Crippen molar-refractivity contribution < 1.29 is 14.3 Å². The Labute approximate surface area is 147 Å². The maximum Gasteiger partial charge on any atom is 0.259 e. The van der Waals surface area contributed by atoms with Gasteiger partial charge in [-0.25, -0.2) is 5.43 Å². The van der Waals surface area contributed by atoms with E-state index >= 15 is 0 Å². The minimum absolute atomic E-state index is 0.123. The molecule has 0 unspecified atom stereocenters. The van der Waals surface area contributed by atoms with Gasteiger partial charge in [0.15, 0.2) is 0 Å². The summed E-state index contributed by atoms with van der Waals surface area (Å²) < 4.78 is 10.9. The molecule has 132 valence electrons. The molecule has 2 aromatic rings. The first-order chi connectivity index (χ1) is 12.2. The fourth-order valence-corrected chi connectivity index (χ4v) is 2.11. The molecule has 0 aliphatic heterocycles. The second kappa shape index (κ2) is 9.97. The summed E-state index contributed by atoms with van der Waals surface area (Å²) >= 11 is 0. The van der Waals surface area contributed by atoms with Crippen molar-refractivity contribution in [2.75, 3.05) is 25.1 Å². The van der Waals surface area contributed by atoms with E-state index in [4.69, 9.17) is 9.47 Å². The summed E-state index contributed by atoms with van der Waals surface area (Å²) in [5.74, 6) is 1.30. The van der Waals surface area contributed by atoms with Crippen molar-refractivity contribution in [2.45, 2.75) is 13.8 Å². The summed E-state index contributed by atoms with van der Waals surface area (Å²) in [7, 11) is 0. The Morgan fingerprint density at radius 1 is 1.04 bits per heavy atom. The number of carbonyl (C=O) groups is 1. The van der Waals surface area contributed by atoms with Gasteiger partial charge < -0.3 is 14.8 Å². The van der Waals surface area contributed by atoms with Crippen LogP contribution in [-0.2, 0) is 4.79 Å². The fourth-order valence-electron chi connectivity index (χ4n) is 2.11. The van der Waals surface area contributed by atoms with Crippen LogP contribution in [0.15, 0.2) is 53.6 Å². The van der Waals surface area contributed by atoms with Gasteiger partial charge in [-0.1, -0.05) is 12.1 Å². The van der Waals surface area contributed by atoms with Gasteiger partial charge in [-0.2, -0.15) is 5.10 Å². The number of ether oxygens (including phenoxy) is 2. The summed E-state index contributed by atoms with van der Waals surface area (Å²) in [5, 5.41) is 7.00. The summed E-state index contributed by atoms with van der Waals surface area (Å²) in [6, 6.07) is 14.9. The number of hydrogen-bond acceptors (Lipinski definition) is 5. The molecule has 0 aliphatic rings. The molecule has 0 aromatic heterocycles. The van der Waals surface area contributed by atoms with E-state index in [0.29, 0.717) is 13.2 Å². The van der Waals surface area contributed by atoms with Crippen molar-refractivity contribution in [3.8, 4) is 11.5 Å². The number of anilines is 1. The summed E-state index contributed by atoms with van der Waals surface area (Å²) in [6.45, 7) is 5.17. The Hall–Kier alpha value is -3.02. The monoisotopic (exact) mass is 341 g/mol. The zero-order valence-electron chi connectivity index (χ0n) is 14.5. The molecular weight excluding hydrogens is 318 g/mol. The molecule has 1 amide bonds. The predicted molar refractivity (Wildman–Crippen MR) is 99.4 cm³/mol. The largest absolute Gasteiger partial charge is 0.494 e. The average molecular weight is 341 g/mol. The number of para-hydroxylation sites is 1. The SMILES string of the molecule is CCOc1ccc(NCC(=O)NN=Cc2ccccc2OCC)cc1. The van der Waals surface area contributed by atoms with Crippen molar-refractivity contribution >= 4 is 17.8 Å². The molecule has 0 heterocycles. The number of amides is 1. The van der Waals surface area contributed by atoms with Crippen LogP contribution in [0.4, 0.5) is 5.69 Å². The lowest BCUT2D eigenvalue weighted by Crippen LogP contribution is -2.25. The van der Waals surface area contributed by atoms with Gasteiger partial charge >= 0.3 is 0 Å². The van der Waals surface area contributed by atoms with Crippen LogP contribution < -0.4 is 20.2 Å². The highest BCUT2D eigenvalue weighted by atomic mass is 16.5. The third kappa shape index (κ3) is 6.18. The van der Waals surface area contributed by atoms with E-state index in [0.717, 1.165) is 22.7 Å². The maximum atomic E-state index is 11.8. The van der Waals surface area contributed by atoms with E-state index < -0.39 is 0 Å². The molecule has 0 atom stereocenters. The van der Waals surface area contributed by atoms with Gasteiger partial charge in [0.1, 0.15) is 11.5 Å². The van der Waals surface area contributed by atoms with Crippen LogP contribution >= 0.6 is 0 Å². The van der Waals surface area contributed by atoms with Gasteiger partial charge in [0, 0.05) is 11.3 Å². The Bertz CT molecular complexity index is 699. The molecule has 6 nitrogen and oxygen atoms in total. The Balaban J connectivity index is 1.80. The van der Waals surface area contributed by atoms with Crippen LogP contribution in [0.1, 0.15) is 19.4 Å². The number of hydrogen-bond donors (Lipinski definition) is 2. The van der Waals surface area contributed by atoms with Gasteiger partial charge in [-0.3, -0.25) is 4.79 Å². The first kappa shape index (κ1) is 18.3. The van der Waals surface area contributed by atoms with E-state index in [-0.39, 0.29) is 12.5 Å². The molecule has 0 aliphatic carbocycles. The van der Waals surface area contributed by atoms with E-state index in [2.05, 4.69) is 15.8 Å². The van der Waals surface area contributed by atoms with Crippen LogP contribution in [0.3, 0.4) is 0 Å². The van der Waals surface area contributed by atoms with Gasteiger partial charge in [-0.15, -0.1) is 0 Å². The zero-order valence-corrected chi connectivity index (χ0v) is 14.5. The normalized spacial score (nSPS) is 10.5. The number of carbonyl (C=O) groups excluding carboxylic acids is 1. The lowest BCUT2D eigenvalue weighted by molar-refractivity contribution is -0.119. The van der Waals surface area contributed by atoms with Gasteiger partial charge in [0.25, 0.3) is 5.91 Å². The van der Waals surface area contributed by atoms with E-state index in [9.17, 15) is 4.79 Å². The van der Waals surface area contributed by atoms with Crippen molar-refractivity contribution in [3.63, 3.8) is 0 Å². The molecule has 0 fully saturated rings. The van der Waals surface area contributed by atoms with E-state index in [1.807, 2.05) is 62.4 Å². The molecule has 0 bridgehead atoms. The first-order valence-electron chi connectivity index (χ1n) is 8.23. The third-order valence-electron chi connectivity index (χ3n) is 3.23. The average Bonchev–Trinajstić information content (AvgIpc) is 2.63. The second-order valence-corrected chi connectivity index (χ2v) is 5.07. The highest BCUT2D eigenvalue weighted by Crippen LogP contribution is 2.16. The molecule has 2 N–H and O–H groups in total. The van der Waals surface area contributed by atoms with Crippen LogP contribution in [-0.4, -0.2) is 31.9 Å². The lowest BCUT2D eigenvalue weighted by atomic mass is 10.2. The van der Waals surface area contributed by atoms with Gasteiger partial charge in [0.05, 0.1) is 26.0 Å². The molecule has 0 saturated carbocycles. The highest BCUT2D eigenvalue weighted by molar-refractivity contribution is 5.86. The van der Waals surface area contributed by atoms with E-state index in [1.165, 1.54) is 0 Å². The number of rotatable bonds is 9. The van der Waals surface area contributed by atoms with Crippen LogP contribution in [0.25, 0.3) is 0 Å². The van der Waals surface area contributed by atoms with Gasteiger partial charge in [-0.05, 0) is 50.2 Å². The van der Waals surface area contributed by atoms with Crippen LogP contribution in [0.5, 0.6) is 11.5 Å². The Morgan fingerprint density at radius 3 is 2.48 bits per heavy atom. The van der Waals surface area contributed by atoms with Crippen LogP contribution in [0.2, 0.25) is 0 Å². The Morgan fingerprint density at radius 2 is 1.76 bits per heavy atom. The maximum absolute atomic E-state index is 11.8. The number of hydrazone groups is 1. The van der Waals surface area contributed by atoms with E-state index in [1.54, 1.807) is 6.21 Å². The van der Waals surface area contributed by atoms with Crippen molar-refractivity contribution in [2.24, 2.45) is 5.10 Å². The Kier molecular flexibility index (Phi) is 7.31. The molecule has 6 heteroatoms. The van der Waals surface area contributed by atoms with Crippen molar-refractivity contribution in [1.82, 2.24) is 5.43 Å². The molecule has 2 aromatic carbocycles. The summed E-state index contributed by atoms with van der Waals surface area (Å²) in [6.07, 6.45) is 1.57. The highest BCUT2D eigenvalue weighted by Gasteiger charge is 2.02. The standard InChI is InChI=1S/C19H23N3O3/c1-3-24-17-11-9-16(10-12-17)20-14-19(23)22-21-13-15-7-5-6-8-18(15)25-4-2/h5-13,20H,3-4,14H2,1-2H3,(H,22,23). The number of nitrogens with one attached hydrogen (secondary N) is 2. The molecular formula is C19H23N3O3. The first-order valence-corrected chi connectivity index (χ1v) is 8.23. The number of nitrogens with zero attached hydrogens (tertiary/aromatic N) is 1. The molecule has 2 rings (SSSR count). The topological polar surface area (TPSA) is 72.0 Å². The molecule has 25 heavy (non-hydrogen) atoms. The third-order valence-corrected chi connectivity index (χ3v) is 3.23. The summed E-state index contributed by atoms with van der Waals surface area (Å²) in [4.78, 5) is 11.8. The fraction of sp³-hybridized carbons (Fsp3) is 0.263. The lowest BCUT2D eigenvalue weighted by Gasteiger charge is -2.07. The quantitative estimate of drug-likeness (QED) is 0.543. The minimum Gasteiger partial charge on any atom is -0.494 e. The van der Waals surface area contributed by atoms with Crippen molar-refractivity contribution in [1.29, 1.82) is 0 Å². The predicted octanol–water partition coefficient (Wildman–Crippen LogP) is 3.05.